The number of rotatable bonds is 4. The van der Waals surface area contributed by atoms with E-state index in [1.165, 1.54) is 6.07 Å². The summed E-state index contributed by atoms with van der Waals surface area (Å²) in [6.07, 6.45) is -0.0485. The molecule has 0 atom stereocenters. The molecule has 0 amide bonds. The highest BCUT2D eigenvalue weighted by atomic mass is 19.1. The van der Waals surface area contributed by atoms with Gasteiger partial charge in [0, 0.05) is 21.1 Å². The molecule has 0 bridgehead atoms. The van der Waals surface area contributed by atoms with E-state index in [0.717, 1.165) is 0 Å². The van der Waals surface area contributed by atoms with Crippen LogP contribution in [0.3, 0.4) is 0 Å². The van der Waals surface area contributed by atoms with Gasteiger partial charge in [-0.05, 0) is 26.0 Å². The summed E-state index contributed by atoms with van der Waals surface area (Å²) in [4.78, 5) is 6.19. The Labute approximate surface area is 118 Å². The zero-order chi connectivity index (χ0) is 14.9. The Morgan fingerprint density at radius 3 is 2.55 bits per heavy atom. The maximum atomic E-state index is 14.1. The molecule has 108 valence electrons. The van der Waals surface area contributed by atoms with E-state index >= 15 is 0 Å². The third-order valence-electron chi connectivity index (χ3n) is 2.70. The van der Waals surface area contributed by atoms with Gasteiger partial charge < -0.3 is 9.64 Å². The number of aryl methyl sites for hydroxylation is 1. The molecule has 2 rings (SSSR count). The monoisotopic (exact) mass is 278 g/mol. The molecule has 1 aromatic carbocycles. The Balaban J connectivity index is 2.54. The molecule has 1 aromatic heterocycles. The Morgan fingerprint density at radius 2 is 2.00 bits per heavy atom. The standard InChI is InChI=1S/C14H19FN4O/c1-9(2)20-11-8-6-7-10(15)12(11)13-16-14(18(3)4)19(5)17-13/h6-9H,1-5H3. The van der Waals surface area contributed by atoms with Gasteiger partial charge >= 0.3 is 0 Å². The fraction of sp³-hybridized carbons (Fsp3) is 0.429. The van der Waals surface area contributed by atoms with Gasteiger partial charge in [0.2, 0.25) is 5.95 Å². The van der Waals surface area contributed by atoms with Gasteiger partial charge in [0.25, 0.3) is 0 Å². The zero-order valence-corrected chi connectivity index (χ0v) is 12.4. The van der Waals surface area contributed by atoms with Gasteiger partial charge in [-0.1, -0.05) is 6.07 Å². The van der Waals surface area contributed by atoms with Crippen molar-refractivity contribution in [2.45, 2.75) is 20.0 Å². The maximum absolute atomic E-state index is 14.1. The van der Waals surface area contributed by atoms with Crippen LogP contribution in [0.4, 0.5) is 10.3 Å². The van der Waals surface area contributed by atoms with E-state index in [-0.39, 0.29) is 11.9 Å². The largest absolute Gasteiger partial charge is 0.490 e. The summed E-state index contributed by atoms with van der Waals surface area (Å²) in [5.41, 5.74) is 0.296. The van der Waals surface area contributed by atoms with E-state index in [0.29, 0.717) is 23.1 Å². The summed E-state index contributed by atoms with van der Waals surface area (Å²) in [5.74, 6) is 1.04. The third kappa shape index (κ3) is 2.74. The van der Waals surface area contributed by atoms with Crippen molar-refractivity contribution in [3.8, 4) is 17.1 Å². The van der Waals surface area contributed by atoms with Crippen LogP contribution in [0.2, 0.25) is 0 Å². The number of hydrogen-bond donors (Lipinski definition) is 0. The second-order valence-corrected chi connectivity index (χ2v) is 5.03. The van der Waals surface area contributed by atoms with Crippen LogP contribution in [-0.2, 0) is 7.05 Å². The Bertz CT molecular complexity index is 607. The predicted molar refractivity (Wildman–Crippen MR) is 76.5 cm³/mol. The average molecular weight is 278 g/mol. The molecule has 0 unspecified atom stereocenters. The molecule has 5 nitrogen and oxygen atoms in total. The molecule has 20 heavy (non-hydrogen) atoms. The molecule has 0 radical (unpaired) electrons. The first-order chi connectivity index (χ1) is 9.40. The molecule has 0 saturated carbocycles. The smallest absolute Gasteiger partial charge is 0.223 e. The van der Waals surface area contributed by atoms with E-state index in [1.807, 2.05) is 32.8 Å². The Morgan fingerprint density at radius 1 is 1.30 bits per heavy atom. The lowest BCUT2D eigenvalue weighted by molar-refractivity contribution is 0.242. The van der Waals surface area contributed by atoms with Crippen LogP contribution in [0.25, 0.3) is 11.4 Å². The lowest BCUT2D eigenvalue weighted by Crippen LogP contribution is -2.14. The predicted octanol–water partition coefficient (Wildman–Crippen LogP) is 2.47. The van der Waals surface area contributed by atoms with Crippen molar-refractivity contribution < 1.29 is 9.13 Å². The highest BCUT2D eigenvalue weighted by Crippen LogP contribution is 2.32. The molecule has 1 heterocycles. The van der Waals surface area contributed by atoms with Crippen LogP contribution in [0.5, 0.6) is 5.75 Å². The fourth-order valence-electron chi connectivity index (χ4n) is 1.95. The minimum atomic E-state index is -0.390. The molecule has 0 spiro atoms. The van der Waals surface area contributed by atoms with Crippen LogP contribution in [0, 0.1) is 5.82 Å². The summed E-state index contributed by atoms with van der Waals surface area (Å²) >= 11 is 0. The molecule has 0 N–H and O–H groups in total. The number of anilines is 1. The highest BCUT2D eigenvalue weighted by Gasteiger charge is 2.19. The summed E-state index contributed by atoms with van der Waals surface area (Å²) in [7, 11) is 5.50. The number of benzene rings is 1. The lowest BCUT2D eigenvalue weighted by atomic mass is 10.1. The molecule has 2 aromatic rings. The molecule has 0 aliphatic rings. The minimum Gasteiger partial charge on any atom is -0.490 e. The van der Waals surface area contributed by atoms with Gasteiger partial charge in [-0.15, -0.1) is 5.10 Å². The van der Waals surface area contributed by atoms with Crippen molar-refractivity contribution in [2.75, 3.05) is 19.0 Å². The SMILES string of the molecule is CC(C)Oc1cccc(F)c1-c1nc(N(C)C)n(C)n1. The summed E-state index contributed by atoms with van der Waals surface area (Å²) in [6, 6.07) is 4.73. The van der Waals surface area contributed by atoms with Gasteiger partial charge in [0.15, 0.2) is 5.82 Å². The molecule has 0 fully saturated rings. The van der Waals surface area contributed by atoms with E-state index in [4.69, 9.17) is 4.74 Å². The first-order valence-corrected chi connectivity index (χ1v) is 6.44. The molecular weight excluding hydrogens is 259 g/mol. The number of ether oxygens (including phenoxy) is 1. The van der Waals surface area contributed by atoms with Crippen LogP contribution in [0.1, 0.15) is 13.8 Å². The summed E-state index contributed by atoms with van der Waals surface area (Å²) in [6.45, 7) is 3.79. The van der Waals surface area contributed by atoms with Crippen molar-refractivity contribution in [3.05, 3.63) is 24.0 Å². The van der Waals surface area contributed by atoms with Crippen molar-refractivity contribution >= 4 is 5.95 Å². The second-order valence-electron chi connectivity index (χ2n) is 5.03. The second kappa shape index (κ2) is 5.48. The lowest BCUT2D eigenvalue weighted by Gasteiger charge is -2.13. The van der Waals surface area contributed by atoms with Crippen LogP contribution in [-0.4, -0.2) is 35.0 Å². The number of hydrogen-bond acceptors (Lipinski definition) is 4. The fourth-order valence-corrected chi connectivity index (χ4v) is 1.95. The van der Waals surface area contributed by atoms with Gasteiger partial charge in [-0.2, -0.15) is 4.98 Å². The molecule has 0 aliphatic carbocycles. The minimum absolute atomic E-state index is 0.0485. The molecule has 6 heteroatoms. The Hall–Kier alpha value is -2.11. The normalized spacial score (nSPS) is 10.9. The van der Waals surface area contributed by atoms with Crippen LogP contribution >= 0.6 is 0 Å². The van der Waals surface area contributed by atoms with Crippen LogP contribution in [0.15, 0.2) is 18.2 Å². The van der Waals surface area contributed by atoms with E-state index < -0.39 is 0 Å². The topological polar surface area (TPSA) is 43.2 Å². The average Bonchev–Trinajstić information content (AvgIpc) is 2.70. The first kappa shape index (κ1) is 14.3. The quantitative estimate of drug-likeness (QED) is 0.861. The molecule has 0 saturated heterocycles. The summed E-state index contributed by atoms with van der Waals surface area (Å²) < 4.78 is 21.4. The van der Waals surface area contributed by atoms with E-state index in [1.54, 1.807) is 23.9 Å². The van der Waals surface area contributed by atoms with Gasteiger partial charge in [0.05, 0.1) is 11.7 Å². The first-order valence-electron chi connectivity index (χ1n) is 6.44. The number of halogens is 1. The van der Waals surface area contributed by atoms with Gasteiger partial charge in [-0.3, -0.25) is 0 Å². The third-order valence-corrected chi connectivity index (χ3v) is 2.70. The van der Waals surface area contributed by atoms with Crippen LogP contribution < -0.4 is 9.64 Å². The van der Waals surface area contributed by atoms with E-state index in [2.05, 4.69) is 10.1 Å². The van der Waals surface area contributed by atoms with Gasteiger partial charge in [0.1, 0.15) is 11.6 Å². The highest BCUT2D eigenvalue weighted by molar-refractivity contribution is 5.65. The molecule has 0 aliphatic heterocycles. The van der Waals surface area contributed by atoms with Crippen molar-refractivity contribution in [2.24, 2.45) is 7.05 Å². The Kier molecular flexibility index (Phi) is 3.92. The summed E-state index contributed by atoms with van der Waals surface area (Å²) in [5, 5.41) is 4.27. The van der Waals surface area contributed by atoms with Crippen molar-refractivity contribution in [1.82, 2.24) is 14.8 Å². The van der Waals surface area contributed by atoms with Crippen molar-refractivity contribution in [3.63, 3.8) is 0 Å². The maximum Gasteiger partial charge on any atom is 0.223 e. The number of nitrogens with zero attached hydrogens (tertiary/aromatic N) is 4. The van der Waals surface area contributed by atoms with E-state index in [9.17, 15) is 4.39 Å². The molecular formula is C14H19FN4O. The van der Waals surface area contributed by atoms with Crippen molar-refractivity contribution in [1.29, 1.82) is 0 Å². The zero-order valence-electron chi connectivity index (χ0n) is 12.4. The van der Waals surface area contributed by atoms with Gasteiger partial charge in [-0.25, -0.2) is 9.07 Å². The number of aromatic nitrogens is 3.